The number of rotatable bonds is 4. The smallest absolute Gasteiger partial charge is 0.234 e. The van der Waals surface area contributed by atoms with Crippen molar-refractivity contribution in [3.05, 3.63) is 48.0 Å². The van der Waals surface area contributed by atoms with E-state index in [-0.39, 0.29) is 11.9 Å². The average molecular weight is 310 g/mol. The Morgan fingerprint density at radius 3 is 2.61 bits per heavy atom. The quantitative estimate of drug-likeness (QED) is 0.933. The van der Waals surface area contributed by atoms with Gasteiger partial charge >= 0.3 is 0 Å². The molecule has 0 unspecified atom stereocenters. The Morgan fingerprint density at radius 1 is 1.17 bits per heavy atom. The first-order valence-electron chi connectivity index (χ1n) is 8.62. The van der Waals surface area contributed by atoms with Gasteiger partial charge in [-0.3, -0.25) is 9.69 Å². The third-order valence-electron chi connectivity index (χ3n) is 4.89. The lowest BCUT2D eigenvalue weighted by atomic mass is 9.99. The summed E-state index contributed by atoms with van der Waals surface area (Å²) >= 11 is 0. The molecule has 1 atom stereocenters. The third-order valence-corrected chi connectivity index (χ3v) is 4.89. The van der Waals surface area contributed by atoms with E-state index in [1.807, 2.05) is 12.1 Å². The first kappa shape index (κ1) is 16.0. The van der Waals surface area contributed by atoms with Crippen LogP contribution in [0.15, 0.2) is 42.5 Å². The maximum atomic E-state index is 12.3. The molecule has 0 aliphatic carbocycles. The molecule has 2 aromatic carbocycles. The van der Waals surface area contributed by atoms with E-state index in [2.05, 4.69) is 54.4 Å². The Kier molecular flexibility index (Phi) is 4.97. The molecule has 0 radical (unpaired) electrons. The van der Waals surface area contributed by atoms with E-state index in [9.17, 15) is 4.79 Å². The molecule has 3 heteroatoms. The molecule has 1 aliphatic rings. The van der Waals surface area contributed by atoms with Crippen molar-refractivity contribution in [2.24, 2.45) is 5.92 Å². The van der Waals surface area contributed by atoms with Gasteiger partial charge in [-0.2, -0.15) is 0 Å². The maximum absolute atomic E-state index is 12.3. The van der Waals surface area contributed by atoms with E-state index in [1.54, 1.807) is 0 Å². The fraction of sp³-hybridized carbons (Fsp3) is 0.450. The molecule has 0 saturated carbocycles. The van der Waals surface area contributed by atoms with Gasteiger partial charge in [0.2, 0.25) is 5.91 Å². The summed E-state index contributed by atoms with van der Waals surface area (Å²) in [5.41, 5.74) is 1.16. The highest BCUT2D eigenvalue weighted by atomic mass is 16.2. The lowest BCUT2D eigenvalue weighted by Gasteiger charge is -2.30. The molecule has 23 heavy (non-hydrogen) atoms. The molecule has 1 saturated heterocycles. The van der Waals surface area contributed by atoms with Crippen LogP contribution < -0.4 is 5.32 Å². The number of likely N-dealkylation sites (tertiary alicyclic amines) is 1. The summed E-state index contributed by atoms with van der Waals surface area (Å²) in [7, 11) is 0. The Bertz CT molecular complexity index is 674. The van der Waals surface area contributed by atoms with Crippen LogP contribution in [0, 0.1) is 5.92 Å². The number of benzene rings is 2. The molecule has 1 amide bonds. The van der Waals surface area contributed by atoms with Gasteiger partial charge in [-0.25, -0.2) is 0 Å². The summed E-state index contributed by atoms with van der Waals surface area (Å²) in [4.78, 5) is 14.6. The Hall–Kier alpha value is -1.87. The number of amides is 1. The largest absolute Gasteiger partial charge is 0.348 e. The highest BCUT2D eigenvalue weighted by Crippen LogP contribution is 2.20. The summed E-state index contributed by atoms with van der Waals surface area (Å²) < 4.78 is 0. The second-order valence-electron chi connectivity index (χ2n) is 6.85. The van der Waals surface area contributed by atoms with Gasteiger partial charge in [-0.1, -0.05) is 43.3 Å². The van der Waals surface area contributed by atoms with Gasteiger partial charge < -0.3 is 5.32 Å². The van der Waals surface area contributed by atoms with E-state index in [4.69, 9.17) is 0 Å². The molecule has 1 N–H and O–H groups in total. The molecular weight excluding hydrogens is 284 g/mol. The van der Waals surface area contributed by atoms with Crippen molar-refractivity contribution >= 4 is 16.7 Å². The van der Waals surface area contributed by atoms with Gasteiger partial charge in [0.15, 0.2) is 0 Å². The minimum Gasteiger partial charge on any atom is -0.348 e. The predicted octanol–water partition coefficient (Wildman–Crippen LogP) is 3.75. The average Bonchev–Trinajstić information content (AvgIpc) is 2.56. The van der Waals surface area contributed by atoms with Gasteiger partial charge in [0.25, 0.3) is 0 Å². The molecule has 1 heterocycles. The monoisotopic (exact) mass is 310 g/mol. The van der Waals surface area contributed by atoms with Crippen molar-refractivity contribution in [1.29, 1.82) is 0 Å². The first-order chi connectivity index (χ1) is 11.1. The standard InChI is InChI=1S/C20H26N2O/c1-15-9-11-22(12-10-15)14-20(23)21-16(2)18-8-7-17-5-3-4-6-19(17)13-18/h3-8,13,15-16H,9-12,14H2,1-2H3,(H,21,23)/t16-/m1/s1. The lowest BCUT2D eigenvalue weighted by molar-refractivity contribution is -0.123. The third kappa shape index (κ3) is 4.11. The molecule has 3 rings (SSSR count). The lowest BCUT2D eigenvalue weighted by Crippen LogP contribution is -2.41. The topological polar surface area (TPSA) is 32.3 Å². The van der Waals surface area contributed by atoms with E-state index < -0.39 is 0 Å². The minimum absolute atomic E-state index is 0.0378. The summed E-state index contributed by atoms with van der Waals surface area (Å²) in [6.07, 6.45) is 2.40. The van der Waals surface area contributed by atoms with Gasteiger partial charge in [-0.15, -0.1) is 0 Å². The number of hydrogen-bond donors (Lipinski definition) is 1. The van der Waals surface area contributed by atoms with Crippen molar-refractivity contribution in [3.8, 4) is 0 Å². The highest BCUT2D eigenvalue weighted by molar-refractivity contribution is 5.83. The highest BCUT2D eigenvalue weighted by Gasteiger charge is 2.19. The molecule has 0 spiro atoms. The van der Waals surface area contributed by atoms with Crippen molar-refractivity contribution in [3.63, 3.8) is 0 Å². The van der Waals surface area contributed by atoms with Crippen molar-refractivity contribution in [1.82, 2.24) is 10.2 Å². The van der Waals surface area contributed by atoms with Crippen LogP contribution in [0.1, 0.15) is 38.3 Å². The van der Waals surface area contributed by atoms with Crippen molar-refractivity contribution in [2.45, 2.75) is 32.7 Å². The predicted molar refractivity (Wildman–Crippen MR) is 95.3 cm³/mol. The Balaban J connectivity index is 1.58. The Morgan fingerprint density at radius 2 is 1.87 bits per heavy atom. The van der Waals surface area contributed by atoms with E-state index in [0.717, 1.165) is 24.6 Å². The minimum atomic E-state index is 0.0378. The van der Waals surface area contributed by atoms with Gasteiger partial charge in [0, 0.05) is 0 Å². The second-order valence-corrected chi connectivity index (χ2v) is 6.85. The van der Waals surface area contributed by atoms with Crippen LogP contribution in [0.25, 0.3) is 10.8 Å². The van der Waals surface area contributed by atoms with Crippen molar-refractivity contribution in [2.75, 3.05) is 19.6 Å². The van der Waals surface area contributed by atoms with Gasteiger partial charge in [0.1, 0.15) is 0 Å². The number of fused-ring (bicyclic) bond motifs is 1. The number of carbonyl (C=O) groups is 1. The number of nitrogens with zero attached hydrogens (tertiary/aromatic N) is 1. The molecule has 1 aliphatic heterocycles. The van der Waals surface area contributed by atoms with Crippen LogP contribution in [0.5, 0.6) is 0 Å². The number of piperidine rings is 1. The summed E-state index contributed by atoms with van der Waals surface area (Å²) in [5, 5.41) is 5.59. The number of nitrogens with one attached hydrogen (secondary N) is 1. The fourth-order valence-electron chi connectivity index (χ4n) is 3.27. The molecule has 3 nitrogen and oxygen atoms in total. The van der Waals surface area contributed by atoms with Crippen molar-refractivity contribution < 1.29 is 4.79 Å². The zero-order valence-corrected chi connectivity index (χ0v) is 14.1. The normalized spacial score (nSPS) is 18.0. The molecule has 2 aromatic rings. The SMILES string of the molecule is CC1CCN(CC(=O)N[C@H](C)c2ccc3ccccc3c2)CC1. The first-order valence-corrected chi connectivity index (χ1v) is 8.62. The zero-order chi connectivity index (χ0) is 16.2. The summed E-state index contributed by atoms with van der Waals surface area (Å²) in [6.45, 7) is 6.95. The zero-order valence-electron chi connectivity index (χ0n) is 14.1. The Labute approximate surface area is 138 Å². The van der Waals surface area contributed by atoms with Crippen LogP contribution in [0.4, 0.5) is 0 Å². The molecule has 122 valence electrons. The molecular formula is C20H26N2O. The molecule has 0 aromatic heterocycles. The molecule has 1 fully saturated rings. The summed E-state index contributed by atoms with van der Waals surface area (Å²) in [5.74, 6) is 0.922. The van der Waals surface area contributed by atoms with Gasteiger partial charge in [0.05, 0.1) is 12.6 Å². The molecule has 0 bridgehead atoms. The summed E-state index contributed by atoms with van der Waals surface area (Å²) in [6, 6.07) is 14.8. The van der Waals surface area contributed by atoms with Crippen LogP contribution in [-0.2, 0) is 4.79 Å². The van der Waals surface area contributed by atoms with E-state index in [0.29, 0.717) is 6.54 Å². The van der Waals surface area contributed by atoms with Crippen LogP contribution in [-0.4, -0.2) is 30.4 Å². The number of hydrogen-bond acceptors (Lipinski definition) is 2. The van der Waals surface area contributed by atoms with Crippen LogP contribution >= 0.6 is 0 Å². The fourth-order valence-corrected chi connectivity index (χ4v) is 3.27. The maximum Gasteiger partial charge on any atom is 0.234 e. The second kappa shape index (κ2) is 7.14. The van der Waals surface area contributed by atoms with E-state index >= 15 is 0 Å². The van der Waals surface area contributed by atoms with Gasteiger partial charge in [-0.05, 0) is 61.2 Å². The van der Waals surface area contributed by atoms with Crippen LogP contribution in [0.2, 0.25) is 0 Å². The van der Waals surface area contributed by atoms with E-state index in [1.165, 1.54) is 23.6 Å². The van der Waals surface area contributed by atoms with Crippen LogP contribution in [0.3, 0.4) is 0 Å². The number of carbonyl (C=O) groups excluding carboxylic acids is 1.